The van der Waals surface area contributed by atoms with Gasteiger partial charge in [-0.25, -0.2) is 0 Å². The normalized spacial score (nSPS) is 30.2. The van der Waals surface area contributed by atoms with E-state index < -0.39 is 0 Å². The molecule has 1 atom stereocenters. The molecule has 0 amide bonds. The van der Waals surface area contributed by atoms with Gasteiger partial charge in [-0.05, 0) is 37.8 Å². The number of hydrogen-bond acceptors (Lipinski definition) is 1. The van der Waals surface area contributed by atoms with Crippen LogP contribution in [0.2, 0.25) is 0 Å². The van der Waals surface area contributed by atoms with Crippen LogP contribution in [0, 0.1) is 5.41 Å². The van der Waals surface area contributed by atoms with E-state index in [1.54, 1.807) is 0 Å². The maximum Gasteiger partial charge on any atom is 0.0840 e. The van der Waals surface area contributed by atoms with E-state index in [-0.39, 0.29) is 11.0 Å². The zero-order valence-corrected chi connectivity index (χ0v) is 9.02. The molecule has 1 aliphatic heterocycles. The first-order valence-electron chi connectivity index (χ1n) is 4.52. The van der Waals surface area contributed by atoms with Crippen molar-refractivity contribution in [1.82, 2.24) is 0 Å². The summed E-state index contributed by atoms with van der Waals surface area (Å²) >= 11 is 0. The van der Waals surface area contributed by atoms with Gasteiger partial charge in [0, 0.05) is 5.71 Å². The summed E-state index contributed by atoms with van der Waals surface area (Å²) in [5.74, 6) is 0. The van der Waals surface area contributed by atoms with Crippen LogP contribution in [0.1, 0.15) is 41.5 Å². The van der Waals surface area contributed by atoms with E-state index in [4.69, 9.17) is 4.99 Å². The van der Waals surface area contributed by atoms with Gasteiger partial charge >= 0.3 is 0 Å². The minimum absolute atomic E-state index is 0.0110. The molecule has 0 aromatic rings. The molecule has 1 nitrogen and oxygen atoms in total. The Labute approximate surface area is 75.6 Å². The average molecular weight is 165 g/mol. The summed E-state index contributed by atoms with van der Waals surface area (Å²) in [6.45, 7) is 13.2. The molecule has 68 valence electrons. The lowest BCUT2D eigenvalue weighted by Gasteiger charge is -2.37. The zero-order chi connectivity index (χ0) is 9.57. The number of aliphatic imine (C=N–C) groups is 1. The Morgan fingerprint density at radius 1 is 1.25 bits per heavy atom. The molecule has 0 aromatic heterocycles. The van der Waals surface area contributed by atoms with Crippen molar-refractivity contribution in [1.29, 1.82) is 0 Å². The number of hydrogen-bond donors (Lipinski definition) is 0. The minimum atomic E-state index is 0.0110. The van der Waals surface area contributed by atoms with Crippen molar-refractivity contribution in [2.45, 2.75) is 47.1 Å². The van der Waals surface area contributed by atoms with Crippen LogP contribution >= 0.6 is 0 Å². The predicted molar refractivity (Wildman–Crippen MR) is 54.7 cm³/mol. The molecule has 0 N–H and O–H groups in total. The first kappa shape index (κ1) is 9.50. The molecule has 0 fully saturated rings. The highest BCUT2D eigenvalue weighted by Gasteiger charge is 2.40. The highest BCUT2D eigenvalue weighted by Crippen LogP contribution is 2.42. The summed E-state index contributed by atoms with van der Waals surface area (Å²) in [5, 5.41) is 0. The number of nitrogens with zero attached hydrogens (tertiary/aromatic N) is 1. The van der Waals surface area contributed by atoms with E-state index in [2.05, 4.69) is 47.6 Å². The van der Waals surface area contributed by atoms with Gasteiger partial charge < -0.3 is 0 Å². The van der Waals surface area contributed by atoms with Gasteiger partial charge in [0.15, 0.2) is 0 Å². The molecule has 0 saturated heterocycles. The molecule has 0 bridgehead atoms. The van der Waals surface area contributed by atoms with E-state index in [0.29, 0.717) is 0 Å². The maximum atomic E-state index is 4.70. The summed E-state index contributed by atoms with van der Waals surface area (Å²) in [6.07, 6.45) is 2.19. The van der Waals surface area contributed by atoms with E-state index in [9.17, 15) is 0 Å². The lowest BCUT2D eigenvalue weighted by atomic mass is 9.72. The van der Waals surface area contributed by atoms with Gasteiger partial charge in [0.05, 0.1) is 5.54 Å². The largest absolute Gasteiger partial charge is 0.279 e. The first-order valence-corrected chi connectivity index (χ1v) is 4.52. The van der Waals surface area contributed by atoms with Crippen LogP contribution in [0.4, 0.5) is 0 Å². The van der Waals surface area contributed by atoms with Gasteiger partial charge in [-0.1, -0.05) is 20.8 Å². The van der Waals surface area contributed by atoms with Crippen molar-refractivity contribution < 1.29 is 0 Å². The van der Waals surface area contributed by atoms with Crippen molar-refractivity contribution in [3.05, 3.63) is 11.6 Å². The molecule has 1 heterocycles. The molecule has 0 aromatic carbocycles. The van der Waals surface area contributed by atoms with E-state index in [1.807, 2.05) is 0 Å². The molecule has 0 saturated carbocycles. The predicted octanol–water partition coefficient (Wildman–Crippen LogP) is 3.21. The van der Waals surface area contributed by atoms with Crippen molar-refractivity contribution in [2.75, 3.05) is 0 Å². The Kier molecular flexibility index (Phi) is 1.94. The maximum absolute atomic E-state index is 4.70. The van der Waals surface area contributed by atoms with Crippen molar-refractivity contribution in [3.63, 3.8) is 0 Å². The summed E-state index contributed by atoms with van der Waals surface area (Å²) in [7, 11) is 0. The summed E-state index contributed by atoms with van der Waals surface area (Å²) < 4.78 is 0. The van der Waals surface area contributed by atoms with Crippen LogP contribution in [0.3, 0.4) is 0 Å². The third-order valence-corrected chi connectivity index (χ3v) is 3.05. The lowest BCUT2D eigenvalue weighted by Crippen LogP contribution is -2.37. The third kappa shape index (κ3) is 1.21. The van der Waals surface area contributed by atoms with Crippen LogP contribution in [0.5, 0.6) is 0 Å². The van der Waals surface area contributed by atoms with Gasteiger partial charge in [0.1, 0.15) is 0 Å². The Balaban J connectivity index is 3.11. The van der Waals surface area contributed by atoms with E-state index in [1.165, 1.54) is 5.57 Å². The third-order valence-electron chi connectivity index (χ3n) is 3.05. The van der Waals surface area contributed by atoms with Gasteiger partial charge in [-0.3, -0.25) is 4.99 Å². The van der Waals surface area contributed by atoms with Crippen LogP contribution < -0.4 is 0 Å². The standard InChI is InChI=1S/C11H19N/c1-8-7-9(2)12-11(8,6)10(3,4)5/h7H,1-6H3/t11-/m1/s1. The van der Waals surface area contributed by atoms with Gasteiger partial charge in [0.2, 0.25) is 0 Å². The Morgan fingerprint density at radius 2 is 1.75 bits per heavy atom. The van der Waals surface area contributed by atoms with Crippen LogP contribution in [0.15, 0.2) is 16.6 Å². The van der Waals surface area contributed by atoms with Crippen LogP contribution in [-0.4, -0.2) is 11.3 Å². The molecule has 1 aliphatic rings. The van der Waals surface area contributed by atoms with E-state index >= 15 is 0 Å². The zero-order valence-electron chi connectivity index (χ0n) is 9.02. The Hall–Kier alpha value is -0.590. The summed E-state index contributed by atoms with van der Waals surface area (Å²) in [4.78, 5) is 4.70. The lowest BCUT2D eigenvalue weighted by molar-refractivity contribution is 0.255. The second-order valence-corrected chi connectivity index (χ2v) is 4.90. The molecule has 0 aliphatic carbocycles. The number of rotatable bonds is 0. The van der Waals surface area contributed by atoms with Crippen molar-refractivity contribution in [2.24, 2.45) is 10.4 Å². The summed E-state index contributed by atoms with van der Waals surface area (Å²) in [6, 6.07) is 0. The van der Waals surface area contributed by atoms with Crippen LogP contribution in [-0.2, 0) is 0 Å². The molecule has 0 unspecified atom stereocenters. The number of allylic oxidation sites excluding steroid dienone is 1. The monoisotopic (exact) mass is 165 g/mol. The Morgan fingerprint density at radius 3 is 1.92 bits per heavy atom. The Bertz CT molecular complexity index is 253. The van der Waals surface area contributed by atoms with Gasteiger partial charge in [-0.2, -0.15) is 0 Å². The molecular formula is C11H19N. The molecule has 1 rings (SSSR count). The molecule has 0 spiro atoms. The minimum Gasteiger partial charge on any atom is -0.279 e. The quantitative estimate of drug-likeness (QED) is 0.522. The fourth-order valence-electron chi connectivity index (χ4n) is 1.69. The van der Waals surface area contributed by atoms with Crippen molar-refractivity contribution in [3.8, 4) is 0 Å². The molecular weight excluding hydrogens is 146 g/mol. The molecule has 0 radical (unpaired) electrons. The highest BCUT2D eigenvalue weighted by atomic mass is 14.9. The fourth-order valence-corrected chi connectivity index (χ4v) is 1.69. The smallest absolute Gasteiger partial charge is 0.0840 e. The van der Waals surface area contributed by atoms with Crippen molar-refractivity contribution >= 4 is 5.71 Å². The second-order valence-electron chi connectivity index (χ2n) is 4.90. The highest BCUT2D eigenvalue weighted by molar-refractivity contribution is 5.96. The summed E-state index contributed by atoms with van der Waals surface area (Å²) in [5.41, 5.74) is 2.76. The second kappa shape index (κ2) is 2.45. The average Bonchev–Trinajstić information content (AvgIpc) is 2.06. The fraction of sp³-hybridized carbons (Fsp3) is 0.727. The molecule has 12 heavy (non-hydrogen) atoms. The van der Waals surface area contributed by atoms with Gasteiger partial charge in [0.25, 0.3) is 0 Å². The van der Waals surface area contributed by atoms with Gasteiger partial charge in [-0.15, -0.1) is 0 Å². The SMILES string of the molecule is CC1=CC(C)=N[C@@]1(C)C(C)(C)C. The van der Waals surface area contributed by atoms with Crippen LogP contribution in [0.25, 0.3) is 0 Å². The topological polar surface area (TPSA) is 12.4 Å². The van der Waals surface area contributed by atoms with E-state index in [0.717, 1.165) is 5.71 Å². The molecule has 1 heteroatoms. The first-order chi connectivity index (χ1) is 5.27.